The second-order valence-electron chi connectivity index (χ2n) is 8.70. The van der Waals surface area contributed by atoms with Crippen LogP contribution in [0.1, 0.15) is 32.6 Å². The summed E-state index contributed by atoms with van der Waals surface area (Å²) in [7, 11) is 0. The summed E-state index contributed by atoms with van der Waals surface area (Å²) >= 11 is 0. The van der Waals surface area contributed by atoms with Gasteiger partial charge in [-0.05, 0) is 47.4 Å². The Kier molecular flexibility index (Phi) is 8.46. The maximum Gasteiger partial charge on any atom is 0.273 e. The zero-order valence-electron chi connectivity index (χ0n) is 20.8. The van der Waals surface area contributed by atoms with E-state index < -0.39 is 17.6 Å². The number of hydrogen-bond acceptors (Lipinski definition) is 6. The van der Waals surface area contributed by atoms with Gasteiger partial charge in [-0.2, -0.15) is 0 Å². The Labute approximate surface area is 220 Å². The van der Waals surface area contributed by atoms with Crippen molar-refractivity contribution in [2.24, 2.45) is 0 Å². The molecule has 8 nitrogen and oxygen atoms in total. The normalized spacial score (nSPS) is 10.4. The summed E-state index contributed by atoms with van der Waals surface area (Å²) in [6.07, 6.45) is -0.0644. The van der Waals surface area contributed by atoms with Crippen LogP contribution in [0.15, 0.2) is 91.0 Å². The van der Waals surface area contributed by atoms with Crippen LogP contribution in [0.5, 0.6) is 23.0 Å². The fourth-order valence-electron chi connectivity index (χ4n) is 3.85. The maximum absolute atomic E-state index is 12.6. The molecule has 0 aliphatic rings. The second kappa shape index (κ2) is 12.3. The smallest absolute Gasteiger partial charge is 0.273 e. The summed E-state index contributed by atoms with van der Waals surface area (Å²) < 4.78 is 11.9. The predicted molar refractivity (Wildman–Crippen MR) is 142 cm³/mol. The van der Waals surface area contributed by atoms with Crippen molar-refractivity contribution in [3.63, 3.8) is 0 Å². The third-order valence-corrected chi connectivity index (χ3v) is 5.64. The first-order valence-electron chi connectivity index (χ1n) is 12.0. The van der Waals surface area contributed by atoms with Gasteiger partial charge < -0.3 is 19.7 Å². The molecule has 0 bridgehead atoms. The minimum atomic E-state index is -0.708. The van der Waals surface area contributed by atoms with Gasteiger partial charge in [-0.25, -0.2) is 0 Å². The summed E-state index contributed by atoms with van der Waals surface area (Å²) in [6, 6.07) is 27.1. The molecular formula is C30H28N2O6. The van der Waals surface area contributed by atoms with Gasteiger partial charge in [0.2, 0.25) is 5.91 Å². The molecule has 4 N–H and O–H groups in total. The zero-order valence-corrected chi connectivity index (χ0v) is 20.8. The Hall–Kier alpha value is -4.98. The second-order valence-corrected chi connectivity index (χ2v) is 8.70. The van der Waals surface area contributed by atoms with Crippen molar-refractivity contribution >= 4 is 11.8 Å². The molecule has 0 saturated carbocycles. The fourth-order valence-corrected chi connectivity index (χ4v) is 3.85. The van der Waals surface area contributed by atoms with Gasteiger partial charge in [0.05, 0.1) is 12.0 Å². The number of nitrogens with one attached hydrogen (secondary N) is 2. The molecule has 0 aliphatic carbocycles. The van der Waals surface area contributed by atoms with Gasteiger partial charge in [0.25, 0.3) is 5.91 Å². The third kappa shape index (κ3) is 7.27. The van der Waals surface area contributed by atoms with E-state index in [4.69, 9.17) is 9.47 Å². The first-order valence-corrected chi connectivity index (χ1v) is 12.0. The molecule has 0 fully saturated rings. The fraction of sp³-hybridized carbons (Fsp3) is 0.133. The molecule has 0 aromatic heterocycles. The number of phenolic OH excluding ortho intramolecular Hbond substituents is 2. The molecular weight excluding hydrogens is 484 g/mol. The van der Waals surface area contributed by atoms with E-state index in [0.29, 0.717) is 35.8 Å². The molecule has 38 heavy (non-hydrogen) atoms. The number of phenols is 2. The van der Waals surface area contributed by atoms with Crippen molar-refractivity contribution in [3.8, 4) is 23.0 Å². The lowest BCUT2D eigenvalue weighted by molar-refractivity contribution is -0.121. The van der Waals surface area contributed by atoms with Crippen molar-refractivity contribution in [1.29, 1.82) is 0 Å². The summed E-state index contributed by atoms with van der Waals surface area (Å²) in [6.45, 7) is 2.26. The van der Waals surface area contributed by atoms with Crippen molar-refractivity contribution in [2.75, 3.05) is 0 Å². The quantitative estimate of drug-likeness (QED) is 0.244. The van der Waals surface area contributed by atoms with Crippen molar-refractivity contribution in [2.45, 2.75) is 26.6 Å². The molecule has 2 amide bonds. The lowest BCUT2D eigenvalue weighted by atomic mass is 10.1. The Balaban J connectivity index is 1.44. The van der Waals surface area contributed by atoms with E-state index in [-0.39, 0.29) is 17.7 Å². The third-order valence-electron chi connectivity index (χ3n) is 5.64. The molecule has 0 aliphatic heterocycles. The molecule has 4 aromatic carbocycles. The molecule has 0 heterocycles. The molecule has 0 saturated heterocycles. The van der Waals surface area contributed by atoms with Crippen LogP contribution in [0.4, 0.5) is 0 Å². The highest BCUT2D eigenvalue weighted by molar-refractivity contribution is 5.99. The van der Waals surface area contributed by atoms with Gasteiger partial charge >= 0.3 is 0 Å². The summed E-state index contributed by atoms with van der Waals surface area (Å²) in [5.74, 6) is -0.673. The molecule has 194 valence electrons. The summed E-state index contributed by atoms with van der Waals surface area (Å²) in [4.78, 5) is 25.1. The first-order chi connectivity index (χ1) is 18.4. The highest BCUT2D eigenvalue weighted by Crippen LogP contribution is 2.27. The summed E-state index contributed by atoms with van der Waals surface area (Å²) in [5, 5.41) is 19.6. The average Bonchev–Trinajstić information content (AvgIpc) is 2.90. The number of amides is 2. The topological polar surface area (TPSA) is 117 Å². The van der Waals surface area contributed by atoms with Crippen LogP contribution >= 0.6 is 0 Å². The standard InChI is InChI=1S/C30H28N2O6/c1-20-12-24(33)16-27(34)29(20)30(36)32-31-28(35)15-23-13-25(37-18-21-8-4-2-5-9-21)17-26(14-23)38-19-22-10-6-3-7-11-22/h2-14,16-17,33-34H,15,18-19H2,1H3,(H,31,35)(H,32,36). The van der Waals surface area contributed by atoms with Crippen LogP contribution in [0.3, 0.4) is 0 Å². The SMILES string of the molecule is Cc1cc(O)cc(O)c1C(=O)NNC(=O)Cc1cc(OCc2ccccc2)cc(OCc2ccccc2)c1. The number of rotatable bonds is 9. The Morgan fingerprint density at radius 3 is 1.79 bits per heavy atom. The lowest BCUT2D eigenvalue weighted by Gasteiger charge is -2.14. The molecule has 0 atom stereocenters. The van der Waals surface area contributed by atoms with Crippen LogP contribution in [0.25, 0.3) is 0 Å². The monoisotopic (exact) mass is 512 g/mol. The number of carbonyl (C=O) groups excluding carboxylic acids is 2. The largest absolute Gasteiger partial charge is 0.508 e. The Bertz CT molecular complexity index is 1320. The molecule has 4 aromatic rings. The number of hydrogen-bond donors (Lipinski definition) is 4. The highest BCUT2D eigenvalue weighted by atomic mass is 16.5. The van der Waals surface area contributed by atoms with Crippen LogP contribution in [-0.4, -0.2) is 22.0 Å². The van der Waals surface area contributed by atoms with E-state index in [1.54, 1.807) is 25.1 Å². The van der Waals surface area contributed by atoms with Crippen molar-refractivity contribution in [1.82, 2.24) is 10.9 Å². The number of benzene rings is 4. The van der Waals surface area contributed by atoms with Gasteiger partial charge in [0, 0.05) is 12.1 Å². The summed E-state index contributed by atoms with van der Waals surface area (Å²) in [5.41, 5.74) is 7.59. The number of ether oxygens (including phenoxy) is 2. The van der Waals surface area contributed by atoms with Gasteiger partial charge in [-0.15, -0.1) is 0 Å². The number of hydrazine groups is 1. The van der Waals surface area contributed by atoms with E-state index in [2.05, 4.69) is 10.9 Å². The minimum absolute atomic E-state index is 0.0454. The average molecular weight is 513 g/mol. The Morgan fingerprint density at radius 1 is 0.711 bits per heavy atom. The molecule has 0 spiro atoms. The van der Waals surface area contributed by atoms with Gasteiger partial charge in [0.1, 0.15) is 36.2 Å². The van der Waals surface area contributed by atoms with Gasteiger partial charge in [-0.3, -0.25) is 20.4 Å². The van der Waals surface area contributed by atoms with Crippen LogP contribution in [-0.2, 0) is 24.4 Å². The van der Waals surface area contributed by atoms with Crippen LogP contribution in [0.2, 0.25) is 0 Å². The van der Waals surface area contributed by atoms with Crippen molar-refractivity contribution < 1.29 is 29.3 Å². The molecule has 4 rings (SSSR count). The molecule has 8 heteroatoms. The van der Waals surface area contributed by atoms with E-state index >= 15 is 0 Å². The number of aromatic hydroxyl groups is 2. The predicted octanol–water partition coefficient (Wildman–Crippen LogP) is 4.57. The minimum Gasteiger partial charge on any atom is -0.508 e. The van der Waals surface area contributed by atoms with E-state index in [9.17, 15) is 19.8 Å². The number of carbonyl (C=O) groups is 2. The van der Waals surface area contributed by atoms with Crippen molar-refractivity contribution in [3.05, 3.63) is 119 Å². The van der Waals surface area contributed by atoms with Gasteiger partial charge in [-0.1, -0.05) is 60.7 Å². The van der Waals surface area contributed by atoms with Crippen LogP contribution in [0, 0.1) is 6.92 Å². The highest BCUT2D eigenvalue weighted by Gasteiger charge is 2.17. The number of aryl methyl sites for hydroxylation is 1. The van der Waals surface area contributed by atoms with E-state index in [1.165, 1.54) is 6.07 Å². The van der Waals surface area contributed by atoms with E-state index in [1.807, 2.05) is 60.7 Å². The van der Waals surface area contributed by atoms with E-state index in [0.717, 1.165) is 17.2 Å². The molecule has 0 unspecified atom stereocenters. The Morgan fingerprint density at radius 2 is 1.26 bits per heavy atom. The zero-order chi connectivity index (χ0) is 26.9. The first kappa shape index (κ1) is 26.1. The molecule has 0 radical (unpaired) electrons. The lowest BCUT2D eigenvalue weighted by Crippen LogP contribution is -2.42. The van der Waals surface area contributed by atoms with Crippen LogP contribution < -0.4 is 20.3 Å². The van der Waals surface area contributed by atoms with Gasteiger partial charge in [0.15, 0.2) is 0 Å². The maximum atomic E-state index is 12.6.